The first-order valence-electron chi connectivity index (χ1n) is 9.15. The summed E-state index contributed by atoms with van der Waals surface area (Å²) in [7, 11) is 6.20. The zero-order valence-corrected chi connectivity index (χ0v) is 18.2. The Morgan fingerprint density at radius 1 is 1.10 bits per heavy atom. The minimum atomic E-state index is -4.34. The topological polar surface area (TPSA) is 71.5 Å². The van der Waals surface area contributed by atoms with Crippen molar-refractivity contribution in [3.05, 3.63) is 36.7 Å². The third kappa shape index (κ3) is 5.42. The van der Waals surface area contributed by atoms with Gasteiger partial charge in [-0.2, -0.15) is 13.2 Å². The fraction of sp³-hybridized carbons (Fsp3) is 0.300. The molecule has 31 heavy (non-hydrogen) atoms. The lowest BCUT2D eigenvalue weighted by Crippen LogP contribution is -2.31. The lowest BCUT2D eigenvalue weighted by atomic mass is 10.2. The number of hydrogen-bond acceptors (Lipinski definition) is 8. The highest BCUT2D eigenvalue weighted by atomic mass is 32.2. The van der Waals surface area contributed by atoms with E-state index in [2.05, 4.69) is 20.0 Å². The third-order valence-corrected chi connectivity index (χ3v) is 5.09. The summed E-state index contributed by atoms with van der Waals surface area (Å²) in [5.74, 6) is 1.44. The second-order valence-electron chi connectivity index (χ2n) is 6.53. The zero-order chi connectivity index (χ0) is 22.6. The monoisotopic (exact) mass is 453 g/mol. The van der Waals surface area contributed by atoms with Crippen LogP contribution >= 0.6 is 11.9 Å². The Morgan fingerprint density at radius 2 is 1.87 bits per heavy atom. The van der Waals surface area contributed by atoms with Gasteiger partial charge in [0.25, 0.3) is 0 Å². The number of nitrogens with one attached hydrogen (secondary N) is 2. The van der Waals surface area contributed by atoms with Gasteiger partial charge in [0.2, 0.25) is 0 Å². The first-order chi connectivity index (χ1) is 14.8. The molecule has 0 unspecified atom stereocenters. The highest BCUT2D eigenvalue weighted by Crippen LogP contribution is 2.38. The fourth-order valence-electron chi connectivity index (χ4n) is 3.11. The van der Waals surface area contributed by atoms with Gasteiger partial charge in [-0.05, 0) is 37.2 Å². The van der Waals surface area contributed by atoms with E-state index in [0.717, 1.165) is 9.80 Å². The number of alkyl halides is 3. The molecule has 0 aliphatic rings. The van der Waals surface area contributed by atoms with Crippen LogP contribution in [0.4, 0.5) is 30.4 Å². The number of ether oxygens (including phenoxy) is 2. The van der Waals surface area contributed by atoms with Gasteiger partial charge in [-0.15, -0.1) is 0 Å². The molecule has 3 aromatic rings. The Bertz CT molecular complexity index is 1060. The molecule has 7 nitrogen and oxygen atoms in total. The van der Waals surface area contributed by atoms with Gasteiger partial charge in [0, 0.05) is 24.1 Å². The molecule has 0 amide bonds. The van der Waals surface area contributed by atoms with Crippen molar-refractivity contribution in [2.24, 2.45) is 0 Å². The van der Waals surface area contributed by atoms with Crippen molar-refractivity contribution < 1.29 is 22.6 Å². The maximum Gasteiger partial charge on any atom is 0.405 e. The number of halogens is 3. The maximum atomic E-state index is 13.0. The molecule has 1 heterocycles. The fourth-order valence-corrected chi connectivity index (χ4v) is 3.66. The summed E-state index contributed by atoms with van der Waals surface area (Å²) in [6, 6.07) is 8.57. The summed E-state index contributed by atoms with van der Waals surface area (Å²) in [6.45, 7) is -1.09. The molecule has 0 saturated carbocycles. The van der Waals surface area contributed by atoms with Crippen LogP contribution in [0.1, 0.15) is 0 Å². The van der Waals surface area contributed by atoms with Crippen LogP contribution in [0.25, 0.3) is 10.9 Å². The Morgan fingerprint density at radius 3 is 2.52 bits per heavy atom. The predicted octanol–water partition coefficient (Wildman–Crippen LogP) is 4.62. The van der Waals surface area contributed by atoms with Gasteiger partial charge in [-0.25, -0.2) is 9.97 Å². The van der Waals surface area contributed by atoms with Crippen LogP contribution in [0.5, 0.6) is 11.5 Å². The molecule has 0 bridgehead atoms. The van der Waals surface area contributed by atoms with Crippen LogP contribution in [-0.2, 0) is 0 Å². The van der Waals surface area contributed by atoms with Crippen molar-refractivity contribution in [2.45, 2.75) is 11.1 Å². The van der Waals surface area contributed by atoms with E-state index in [9.17, 15) is 13.2 Å². The lowest BCUT2D eigenvalue weighted by molar-refractivity contribution is -0.119. The van der Waals surface area contributed by atoms with E-state index in [1.807, 2.05) is 0 Å². The highest BCUT2D eigenvalue weighted by molar-refractivity contribution is 7.97. The number of anilines is 3. The van der Waals surface area contributed by atoms with Crippen molar-refractivity contribution in [2.75, 3.05) is 45.1 Å². The van der Waals surface area contributed by atoms with Crippen LogP contribution in [0, 0.1) is 0 Å². The van der Waals surface area contributed by atoms with Crippen molar-refractivity contribution in [1.29, 1.82) is 0 Å². The van der Waals surface area contributed by atoms with Gasteiger partial charge >= 0.3 is 6.18 Å². The van der Waals surface area contributed by atoms with E-state index in [-0.39, 0.29) is 0 Å². The molecule has 0 aliphatic heterocycles. The normalized spacial score (nSPS) is 11.5. The van der Waals surface area contributed by atoms with Gasteiger partial charge in [0.1, 0.15) is 30.2 Å². The van der Waals surface area contributed by atoms with Crippen molar-refractivity contribution in [3.63, 3.8) is 0 Å². The Kier molecular flexibility index (Phi) is 6.96. The minimum Gasteiger partial charge on any atom is -0.497 e. The summed E-state index contributed by atoms with van der Waals surface area (Å²) in [5.41, 5.74) is 1.40. The maximum absolute atomic E-state index is 13.0. The predicted molar refractivity (Wildman–Crippen MR) is 117 cm³/mol. The molecule has 0 spiro atoms. The van der Waals surface area contributed by atoms with E-state index < -0.39 is 12.7 Å². The molecule has 0 atom stereocenters. The van der Waals surface area contributed by atoms with Gasteiger partial charge in [-0.3, -0.25) is 4.72 Å². The molecule has 2 N–H and O–H groups in total. The number of hydrogen-bond donors (Lipinski definition) is 2. The number of aromatic nitrogens is 2. The van der Waals surface area contributed by atoms with Crippen LogP contribution < -0.4 is 24.4 Å². The van der Waals surface area contributed by atoms with Crippen LogP contribution in [0.2, 0.25) is 0 Å². The summed E-state index contributed by atoms with van der Waals surface area (Å²) in [5, 5.41) is 3.76. The van der Waals surface area contributed by atoms with Gasteiger partial charge in [0.15, 0.2) is 0 Å². The average Bonchev–Trinajstić information content (AvgIpc) is 2.72. The molecule has 0 aliphatic carbocycles. The number of fused-ring (bicyclic) bond motifs is 1. The Hall–Kier alpha value is -2.92. The van der Waals surface area contributed by atoms with E-state index in [1.54, 1.807) is 37.4 Å². The zero-order valence-electron chi connectivity index (χ0n) is 17.4. The first-order valence-corrected chi connectivity index (χ1v) is 9.96. The molecular formula is C20H22F3N5O2S. The number of benzene rings is 2. The van der Waals surface area contributed by atoms with Gasteiger partial charge in [-0.1, -0.05) is 0 Å². The molecular weight excluding hydrogens is 431 g/mol. The van der Waals surface area contributed by atoms with E-state index in [4.69, 9.17) is 9.47 Å². The summed E-state index contributed by atoms with van der Waals surface area (Å²) in [4.78, 5) is 10.5. The molecule has 0 fully saturated rings. The second kappa shape index (κ2) is 9.48. The Labute approximate surface area is 182 Å². The van der Waals surface area contributed by atoms with Crippen LogP contribution in [0.15, 0.2) is 41.6 Å². The van der Waals surface area contributed by atoms with Crippen molar-refractivity contribution in [1.82, 2.24) is 14.7 Å². The molecule has 166 valence electrons. The smallest absolute Gasteiger partial charge is 0.405 e. The van der Waals surface area contributed by atoms with Crippen LogP contribution in [-0.4, -0.2) is 51.0 Å². The van der Waals surface area contributed by atoms with E-state index in [1.165, 1.54) is 39.5 Å². The van der Waals surface area contributed by atoms with Crippen molar-refractivity contribution in [3.8, 4) is 11.5 Å². The SMILES string of the molecule is CNSc1ccc(N(C)CC(F)(F)F)c(Nc2ncnc3cc(OC)cc(OC)c23)c1. The minimum absolute atomic E-state index is 0.372. The van der Waals surface area contributed by atoms with E-state index >= 15 is 0 Å². The molecule has 11 heteroatoms. The summed E-state index contributed by atoms with van der Waals surface area (Å²) >= 11 is 1.35. The highest BCUT2D eigenvalue weighted by Gasteiger charge is 2.30. The Balaban J connectivity index is 2.10. The quantitative estimate of drug-likeness (QED) is 0.479. The molecule has 3 rings (SSSR count). The number of rotatable bonds is 8. The first kappa shape index (κ1) is 22.8. The molecule has 2 aromatic carbocycles. The van der Waals surface area contributed by atoms with Crippen LogP contribution in [0.3, 0.4) is 0 Å². The second-order valence-corrected chi connectivity index (χ2v) is 7.61. The lowest BCUT2D eigenvalue weighted by Gasteiger charge is -2.25. The summed E-state index contributed by atoms with van der Waals surface area (Å²) < 4.78 is 52.7. The number of nitrogens with zero attached hydrogens (tertiary/aromatic N) is 3. The molecule has 0 radical (unpaired) electrons. The molecule has 1 aromatic heterocycles. The third-order valence-electron chi connectivity index (χ3n) is 4.40. The van der Waals surface area contributed by atoms with Gasteiger partial charge < -0.3 is 19.7 Å². The largest absolute Gasteiger partial charge is 0.497 e. The van der Waals surface area contributed by atoms with Crippen molar-refractivity contribution >= 4 is 40.0 Å². The average molecular weight is 453 g/mol. The van der Waals surface area contributed by atoms with E-state index in [0.29, 0.717) is 39.6 Å². The molecule has 0 saturated heterocycles. The standard InChI is InChI=1S/C20H22F3N5O2S/c1-24-31-13-5-6-16(28(2)10-20(21,22)23)14(9-13)27-19-18-15(25-11-26-19)7-12(29-3)8-17(18)30-4/h5-9,11,24H,10H2,1-4H3,(H,25,26,27). The number of methoxy groups -OCH3 is 2. The van der Waals surface area contributed by atoms with Gasteiger partial charge in [0.05, 0.1) is 36.5 Å². The summed E-state index contributed by atoms with van der Waals surface area (Å²) in [6.07, 6.45) is -2.97.